The van der Waals surface area contributed by atoms with Crippen LogP contribution < -0.4 is 10.6 Å². The van der Waals surface area contributed by atoms with Gasteiger partial charge >= 0.3 is 0 Å². The quantitative estimate of drug-likeness (QED) is 0.923. The normalized spacial score (nSPS) is 16.3. The van der Waals surface area contributed by atoms with Crippen LogP contribution in [0.15, 0.2) is 30.3 Å². The van der Waals surface area contributed by atoms with E-state index in [1.54, 1.807) is 6.07 Å². The van der Waals surface area contributed by atoms with Crippen molar-refractivity contribution >= 4 is 11.5 Å². The molecule has 0 aliphatic carbocycles. The minimum atomic E-state index is -2.82. The molecule has 0 atom stereocenters. The zero-order valence-electron chi connectivity index (χ0n) is 12.1. The van der Waals surface area contributed by atoms with Crippen molar-refractivity contribution in [3.8, 4) is 17.2 Å². The molecule has 1 aromatic carbocycles. The van der Waals surface area contributed by atoms with Crippen LogP contribution in [0.1, 0.15) is 12.1 Å². The minimum absolute atomic E-state index is 0.00247. The van der Waals surface area contributed by atoms with E-state index >= 15 is 0 Å². The topological polar surface area (TPSA) is 65.9 Å². The Bertz CT molecular complexity index is 798. The summed E-state index contributed by atoms with van der Waals surface area (Å²) < 4.78 is 40.9. The number of hydrogen-bond acceptors (Lipinski definition) is 4. The van der Waals surface area contributed by atoms with Gasteiger partial charge in [0.1, 0.15) is 17.6 Å². The lowest BCUT2D eigenvalue weighted by atomic mass is 10.0. The fraction of sp³-hybridized carbons (Fsp3) is 0.250. The summed E-state index contributed by atoms with van der Waals surface area (Å²) >= 11 is 0. The molecule has 7 heteroatoms. The van der Waals surface area contributed by atoms with E-state index in [-0.39, 0.29) is 41.3 Å². The highest BCUT2D eigenvalue weighted by atomic mass is 19.3. The molecule has 23 heavy (non-hydrogen) atoms. The van der Waals surface area contributed by atoms with E-state index in [2.05, 4.69) is 4.98 Å². The Hall–Kier alpha value is -2.75. The van der Waals surface area contributed by atoms with Gasteiger partial charge in [0.05, 0.1) is 12.2 Å². The Kier molecular flexibility index (Phi) is 3.60. The molecule has 0 radical (unpaired) electrons. The van der Waals surface area contributed by atoms with Gasteiger partial charge in [0.2, 0.25) is 0 Å². The van der Waals surface area contributed by atoms with Crippen LogP contribution in [0.5, 0.6) is 0 Å². The van der Waals surface area contributed by atoms with Crippen LogP contribution >= 0.6 is 0 Å². The number of halogens is 3. The van der Waals surface area contributed by atoms with E-state index in [0.29, 0.717) is 0 Å². The maximum absolute atomic E-state index is 14.0. The zero-order valence-corrected chi connectivity index (χ0v) is 12.1. The molecule has 2 N–H and O–H groups in total. The third-order valence-corrected chi connectivity index (χ3v) is 3.79. The van der Waals surface area contributed by atoms with Gasteiger partial charge in [0.25, 0.3) is 5.92 Å². The van der Waals surface area contributed by atoms with Gasteiger partial charge in [0.15, 0.2) is 5.82 Å². The third-order valence-electron chi connectivity index (χ3n) is 3.79. The van der Waals surface area contributed by atoms with Crippen molar-refractivity contribution in [1.29, 1.82) is 5.26 Å². The molecule has 0 bridgehead atoms. The molecule has 1 fully saturated rings. The first-order chi connectivity index (χ1) is 10.9. The number of benzene rings is 1. The second-order valence-corrected chi connectivity index (χ2v) is 5.41. The van der Waals surface area contributed by atoms with Crippen molar-refractivity contribution in [2.24, 2.45) is 0 Å². The highest BCUT2D eigenvalue weighted by Crippen LogP contribution is 2.38. The number of nitriles is 1. The molecule has 0 unspecified atom stereocenters. The molecule has 1 aromatic heterocycles. The lowest BCUT2D eigenvalue weighted by Crippen LogP contribution is -2.26. The van der Waals surface area contributed by atoms with Crippen LogP contribution in [0.3, 0.4) is 0 Å². The number of nitrogen functional groups attached to an aromatic ring is 1. The van der Waals surface area contributed by atoms with Crippen LogP contribution in [0, 0.1) is 17.1 Å². The number of nitrogens with zero attached hydrogens (tertiary/aromatic N) is 3. The number of hydrogen-bond donors (Lipinski definition) is 1. The Morgan fingerprint density at radius 2 is 2.00 bits per heavy atom. The van der Waals surface area contributed by atoms with Crippen LogP contribution in [0.2, 0.25) is 0 Å². The number of nitrogens with two attached hydrogens (primary N) is 1. The summed E-state index contributed by atoms with van der Waals surface area (Å²) in [4.78, 5) is 5.37. The fourth-order valence-electron chi connectivity index (χ4n) is 2.66. The lowest BCUT2D eigenvalue weighted by Gasteiger charge is -2.21. The number of pyridine rings is 1. The molecule has 0 saturated carbocycles. The number of aromatic nitrogens is 1. The van der Waals surface area contributed by atoms with E-state index in [0.717, 1.165) is 0 Å². The van der Waals surface area contributed by atoms with Gasteiger partial charge in [-0.15, -0.1) is 0 Å². The predicted octanol–water partition coefficient (Wildman–Crippen LogP) is 3.19. The second-order valence-electron chi connectivity index (χ2n) is 5.41. The highest BCUT2D eigenvalue weighted by Gasteiger charge is 2.39. The van der Waals surface area contributed by atoms with Gasteiger partial charge in [-0.1, -0.05) is 18.2 Å². The highest BCUT2D eigenvalue weighted by molar-refractivity contribution is 5.85. The molecule has 2 aromatic rings. The summed E-state index contributed by atoms with van der Waals surface area (Å²) in [5.41, 5.74) is 6.63. The van der Waals surface area contributed by atoms with E-state index in [4.69, 9.17) is 11.0 Å². The average Bonchev–Trinajstić information content (AvgIpc) is 2.88. The van der Waals surface area contributed by atoms with E-state index in [9.17, 15) is 13.2 Å². The molecule has 1 aliphatic heterocycles. The molecule has 1 saturated heterocycles. The molecule has 1 aliphatic rings. The number of alkyl halides is 2. The Balaban J connectivity index is 2.14. The van der Waals surface area contributed by atoms with Crippen LogP contribution in [-0.2, 0) is 0 Å². The van der Waals surface area contributed by atoms with Crippen molar-refractivity contribution in [2.75, 3.05) is 23.7 Å². The van der Waals surface area contributed by atoms with Crippen molar-refractivity contribution in [3.05, 3.63) is 41.8 Å². The third kappa shape index (κ3) is 2.80. The molecular weight excluding hydrogens is 305 g/mol. The molecule has 118 valence electrons. The van der Waals surface area contributed by atoms with Gasteiger partial charge in [-0.2, -0.15) is 5.26 Å². The summed E-state index contributed by atoms with van der Waals surface area (Å²) in [6, 6.07) is 9.18. The maximum atomic E-state index is 14.0. The Morgan fingerprint density at radius 3 is 2.61 bits per heavy atom. The largest absolute Gasteiger partial charge is 0.395 e. The van der Waals surface area contributed by atoms with Gasteiger partial charge in [-0.3, -0.25) is 0 Å². The summed E-state index contributed by atoms with van der Waals surface area (Å²) in [5, 5.41) is 9.13. The van der Waals surface area contributed by atoms with E-state index in [1.807, 2.05) is 6.07 Å². The van der Waals surface area contributed by atoms with Gasteiger partial charge in [-0.25, -0.2) is 18.2 Å². The van der Waals surface area contributed by atoms with E-state index in [1.165, 1.54) is 29.2 Å². The first kappa shape index (κ1) is 15.2. The number of rotatable bonds is 2. The second kappa shape index (κ2) is 5.47. The average molecular weight is 318 g/mol. The standard InChI is InChI=1S/C16H13F3N4/c17-13-4-2-1-3-11(13)12-7-10(8-20)22-15(14(12)21)23-6-5-16(18,19)9-23/h1-4,7H,5-6,9,21H2. The van der Waals surface area contributed by atoms with Crippen LogP contribution in [-0.4, -0.2) is 24.0 Å². The Morgan fingerprint density at radius 1 is 1.26 bits per heavy atom. The van der Waals surface area contributed by atoms with Gasteiger partial charge in [0, 0.05) is 24.1 Å². The number of anilines is 2. The summed E-state index contributed by atoms with van der Waals surface area (Å²) in [6.07, 6.45) is -0.306. The SMILES string of the molecule is N#Cc1cc(-c2ccccc2F)c(N)c(N2CCC(F)(F)C2)n1. The first-order valence-electron chi connectivity index (χ1n) is 6.99. The molecule has 4 nitrogen and oxygen atoms in total. The lowest BCUT2D eigenvalue weighted by molar-refractivity contribution is 0.0257. The van der Waals surface area contributed by atoms with Gasteiger partial charge in [-0.05, 0) is 12.1 Å². The summed E-state index contributed by atoms with van der Waals surface area (Å²) in [5.74, 6) is -3.24. The van der Waals surface area contributed by atoms with Crippen LogP contribution in [0.25, 0.3) is 11.1 Å². The van der Waals surface area contributed by atoms with Gasteiger partial charge < -0.3 is 10.6 Å². The minimum Gasteiger partial charge on any atom is -0.395 e. The molecule has 0 amide bonds. The summed E-state index contributed by atoms with van der Waals surface area (Å²) in [7, 11) is 0. The first-order valence-corrected chi connectivity index (χ1v) is 6.99. The molecular formula is C16H13F3N4. The smallest absolute Gasteiger partial charge is 0.266 e. The van der Waals surface area contributed by atoms with Crippen molar-refractivity contribution in [3.63, 3.8) is 0 Å². The van der Waals surface area contributed by atoms with E-state index < -0.39 is 18.3 Å². The van der Waals surface area contributed by atoms with Crippen molar-refractivity contribution < 1.29 is 13.2 Å². The Labute approximate surface area is 131 Å². The van der Waals surface area contributed by atoms with Crippen LogP contribution in [0.4, 0.5) is 24.7 Å². The summed E-state index contributed by atoms with van der Waals surface area (Å²) in [6.45, 7) is -0.439. The monoisotopic (exact) mass is 318 g/mol. The molecule has 3 rings (SSSR count). The predicted molar refractivity (Wildman–Crippen MR) is 80.5 cm³/mol. The molecule has 2 heterocycles. The zero-order chi connectivity index (χ0) is 16.6. The fourth-order valence-corrected chi connectivity index (χ4v) is 2.66. The van der Waals surface area contributed by atoms with Crippen molar-refractivity contribution in [2.45, 2.75) is 12.3 Å². The van der Waals surface area contributed by atoms with Crippen molar-refractivity contribution in [1.82, 2.24) is 4.98 Å². The molecule has 0 spiro atoms. The maximum Gasteiger partial charge on any atom is 0.266 e.